The average molecular weight is 473 g/mol. The highest BCUT2D eigenvalue weighted by molar-refractivity contribution is 7.89. The zero-order valence-corrected chi connectivity index (χ0v) is 19.4. The van der Waals surface area contributed by atoms with Crippen molar-refractivity contribution in [2.45, 2.75) is 31.8 Å². The lowest BCUT2D eigenvalue weighted by Gasteiger charge is -2.22. The third-order valence-corrected chi connectivity index (χ3v) is 8.49. The fourth-order valence-electron chi connectivity index (χ4n) is 3.47. The molecule has 0 amide bonds. The molecule has 0 fully saturated rings. The van der Waals surface area contributed by atoms with Crippen LogP contribution in [0.15, 0.2) is 69.7 Å². The van der Waals surface area contributed by atoms with Gasteiger partial charge in [0.15, 0.2) is 0 Å². The second-order valence-corrected chi connectivity index (χ2v) is 10.7. The predicted molar refractivity (Wildman–Crippen MR) is 126 cm³/mol. The summed E-state index contributed by atoms with van der Waals surface area (Å²) in [5.41, 5.74) is 2.93. The van der Waals surface area contributed by atoms with Crippen LogP contribution in [0.5, 0.6) is 0 Å². The third kappa shape index (κ3) is 4.32. The fourth-order valence-corrected chi connectivity index (χ4v) is 6.16. The molecule has 8 heteroatoms. The lowest BCUT2D eigenvalue weighted by Crippen LogP contribution is -2.32. The molecule has 4 rings (SSSR count). The first kappa shape index (κ1) is 21.8. The highest BCUT2D eigenvalue weighted by Crippen LogP contribution is 2.28. The van der Waals surface area contributed by atoms with E-state index in [0.29, 0.717) is 5.56 Å². The highest BCUT2D eigenvalue weighted by atomic mass is 35.5. The van der Waals surface area contributed by atoms with E-state index in [4.69, 9.17) is 11.6 Å². The van der Waals surface area contributed by atoms with Crippen LogP contribution in [0.3, 0.4) is 0 Å². The summed E-state index contributed by atoms with van der Waals surface area (Å²) in [4.78, 5) is 16.7. The topological polar surface area (TPSA) is 70.2 Å². The SMILES string of the molecule is Cc1ccc2cc(CN(Cc3cccs3)S(=O)(=O)c3ccccc3Cl)c(=O)[nH]c2c1C. The lowest BCUT2D eigenvalue weighted by atomic mass is 10.0. The van der Waals surface area contributed by atoms with E-state index in [1.807, 2.05) is 43.5 Å². The summed E-state index contributed by atoms with van der Waals surface area (Å²) in [5.74, 6) is 0. The number of aryl methyl sites for hydroxylation is 2. The maximum Gasteiger partial charge on any atom is 0.252 e. The molecule has 0 aliphatic rings. The number of sulfonamides is 1. The van der Waals surface area contributed by atoms with Crippen LogP contribution in [0.25, 0.3) is 10.9 Å². The van der Waals surface area contributed by atoms with Crippen LogP contribution in [0.2, 0.25) is 5.02 Å². The van der Waals surface area contributed by atoms with Crippen molar-refractivity contribution in [3.8, 4) is 0 Å². The van der Waals surface area contributed by atoms with Gasteiger partial charge < -0.3 is 4.98 Å². The van der Waals surface area contributed by atoms with Gasteiger partial charge in [-0.15, -0.1) is 11.3 Å². The van der Waals surface area contributed by atoms with Crippen LogP contribution in [0, 0.1) is 13.8 Å². The molecule has 31 heavy (non-hydrogen) atoms. The standard InChI is InChI=1S/C23H21ClN2O3S2/c1-15-9-10-17-12-18(23(27)25-22(17)16(15)2)13-26(14-19-6-5-11-30-19)31(28,29)21-8-4-3-7-20(21)24/h3-12H,13-14H2,1-2H3,(H,25,27). The van der Waals surface area contributed by atoms with Gasteiger partial charge in [0, 0.05) is 23.5 Å². The summed E-state index contributed by atoms with van der Waals surface area (Å²) in [6, 6.07) is 15.8. The Balaban J connectivity index is 1.80. The van der Waals surface area contributed by atoms with Crippen molar-refractivity contribution in [1.82, 2.24) is 9.29 Å². The van der Waals surface area contributed by atoms with Crippen LogP contribution < -0.4 is 5.56 Å². The number of H-pyrrole nitrogens is 1. The maximum absolute atomic E-state index is 13.5. The van der Waals surface area contributed by atoms with Crippen LogP contribution in [0.1, 0.15) is 21.6 Å². The summed E-state index contributed by atoms with van der Waals surface area (Å²) >= 11 is 7.67. The summed E-state index contributed by atoms with van der Waals surface area (Å²) < 4.78 is 28.3. The number of benzene rings is 2. The first-order valence-electron chi connectivity index (χ1n) is 9.66. The van der Waals surface area contributed by atoms with Crippen molar-refractivity contribution in [2.24, 2.45) is 0 Å². The van der Waals surface area contributed by atoms with Crippen molar-refractivity contribution >= 4 is 43.9 Å². The van der Waals surface area contributed by atoms with Crippen molar-refractivity contribution in [2.75, 3.05) is 0 Å². The number of aromatic nitrogens is 1. The molecule has 0 aliphatic carbocycles. The number of nitrogens with zero attached hydrogens (tertiary/aromatic N) is 1. The van der Waals surface area contributed by atoms with Crippen LogP contribution in [-0.4, -0.2) is 17.7 Å². The fraction of sp³-hybridized carbons (Fsp3) is 0.174. The normalized spacial score (nSPS) is 12.0. The van der Waals surface area contributed by atoms with Gasteiger partial charge in [-0.1, -0.05) is 41.9 Å². The van der Waals surface area contributed by atoms with Gasteiger partial charge in [0.1, 0.15) is 4.90 Å². The van der Waals surface area contributed by atoms with E-state index in [0.717, 1.165) is 26.9 Å². The second kappa shape index (κ2) is 8.59. The van der Waals surface area contributed by atoms with Crippen LogP contribution in [0.4, 0.5) is 0 Å². The minimum atomic E-state index is -3.94. The van der Waals surface area contributed by atoms with Gasteiger partial charge in [0.25, 0.3) is 5.56 Å². The minimum absolute atomic E-state index is 0.0249. The van der Waals surface area contributed by atoms with E-state index >= 15 is 0 Å². The lowest BCUT2D eigenvalue weighted by molar-refractivity contribution is 0.402. The van der Waals surface area contributed by atoms with Gasteiger partial charge in [-0.3, -0.25) is 4.79 Å². The molecule has 2 aromatic carbocycles. The first-order chi connectivity index (χ1) is 14.8. The summed E-state index contributed by atoms with van der Waals surface area (Å²) in [6.45, 7) is 4.03. The smallest absolute Gasteiger partial charge is 0.252 e. The number of pyridine rings is 1. The quantitative estimate of drug-likeness (QED) is 0.416. The van der Waals surface area contributed by atoms with E-state index in [1.54, 1.807) is 24.3 Å². The molecular formula is C23H21ClN2O3S2. The van der Waals surface area contributed by atoms with E-state index in [9.17, 15) is 13.2 Å². The Hall–Kier alpha value is -2.45. The average Bonchev–Trinajstić information content (AvgIpc) is 3.25. The molecule has 0 atom stereocenters. The van der Waals surface area contributed by atoms with Crippen LogP contribution >= 0.6 is 22.9 Å². The summed E-state index contributed by atoms with van der Waals surface area (Å²) in [7, 11) is -3.94. The molecule has 0 spiro atoms. The van der Waals surface area contributed by atoms with Gasteiger partial charge >= 0.3 is 0 Å². The van der Waals surface area contributed by atoms with Gasteiger partial charge in [-0.05, 0) is 60.0 Å². The molecule has 0 saturated carbocycles. The van der Waals surface area contributed by atoms with Gasteiger partial charge in [-0.25, -0.2) is 8.42 Å². The Morgan fingerprint density at radius 1 is 1.03 bits per heavy atom. The number of hydrogen-bond acceptors (Lipinski definition) is 4. The first-order valence-corrected chi connectivity index (χ1v) is 12.4. The molecule has 0 bridgehead atoms. The van der Waals surface area contributed by atoms with E-state index in [1.165, 1.54) is 21.7 Å². The van der Waals surface area contributed by atoms with Crippen molar-refractivity contribution in [3.05, 3.63) is 96.9 Å². The highest BCUT2D eigenvalue weighted by Gasteiger charge is 2.28. The molecule has 5 nitrogen and oxygen atoms in total. The van der Waals surface area contributed by atoms with Crippen LogP contribution in [-0.2, 0) is 23.1 Å². The Morgan fingerprint density at radius 3 is 2.52 bits per heavy atom. The minimum Gasteiger partial charge on any atom is -0.321 e. The summed E-state index contributed by atoms with van der Waals surface area (Å²) in [6.07, 6.45) is 0. The zero-order chi connectivity index (χ0) is 22.2. The number of halogens is 1. The number of nitrogens with one attached hydrogen (secondary N) is 1. The van der Waals surface area contributed by atoms with E-state index in [2.05, 4.69) is 4.98 Å². The van der Waals surface area contributed by atoms with E-state index in [-0.39, 0.29) is 28.6 Å². The number of thiophene rings is 1. The van der Waals surface area contributed by atoms with Gasteiger partial charge in [-0.2, -0.15) is 4.31 Å². The molecule has 0 saturated heterocycles. The number of hydrogen-bond donors (Lipinski definition) is 1. The van der Waals surface area contributed by atoms with Crippen molar-refractivity contribution in [1.29, 1.82) is 0 Å². The Bertz CT molecular complexity index is 1410. The maximum atomic E-state index is 13.5. The van der Waals surface area contributed by atoms with Gasteiger partial charge in [0.2, 0.25) is 10.0 Å². The van der Waals surface area contributed by atoms with Crippen molar-refractivity contribution < 1.29 is 8.42 Å². The van der Waals surface area contributed by atoms with E-state index < -0.39 is 10.0 Å². The molecule has 2 heterocycles. The number of aromatic amines is 1. The van der Waals surface area contributed by atoms with Gasteiger partial charge in [0.05, 0.1) is 10.5 Å². The zero-order valence-electron chi connectivity index (χ0n) is 17.1. The Kier molecular flexibility index (Phi) is 6.03. The third-order valence-electron chi connectivity index (χ3n) is 5.34. The Labute approximate surface area is 190 Å². The predicted octanol–water partition coefficient (Wildman–Crippen LogP) is 5.25. The molecule has 4 aromatic rings. The molecule has 0 aliphatic heterocycles. The second-order valence-electron chi connectivity index (χ2n) is 7.38. The molecule has 0 radical (unpaired) electrons. The Morgan fingerprint density at radius 2 is 1.81 bits per heavy atom. The largest absolute Gasteiger partial charge is 0.321 e. The number of rotatable bonds is 6. The summed E-state index contributed by atoms with van der Waals surface area (Å²) in [5, 5.41) is 2.91. The number of fused-ring (bicyclic) bond motifs is 1. The molecule has 1 N–H and O–H groups in total. The molecular weight excluding hydrogens is 452 g/mol. The molecule has 2 aromatic heterocycles. The monoisotopic (exact) mass is 472 g/mol. The van der Waals surface area contributed by atoms with Crippen molar-refractivity contribution in [3.63, 3.8) is 0 Å². The molecule has 160 valence electrons. The molecule has 0 unspecified atom stereocenters.